The Bertz CT molecular complexity index is 2230. The molecule has 0 unspecified atom stereocenters. The molecule has 0 saturated heterocycles. The molecule has 8 rings (SSSR count). The van der Waals surface area contributed by atoms with Gasteiger partial charge in [-0.05, 0) is 65.7 Å². The summed E-state index contributed by atoms with van der Waals surface area (Å²) in [5.74, 6) is 0.629. The van der Waals surface area contributed by atoms with E-state index in [1.54, 1.807) is 12.4 Å². The summed E-state index contributed by atoms with van der Waals surface area (Å²) in [6, 6.07) is 41.4. The molecular formula is C38H28N6. The Labute approximate surface area is 254 Å². The van der Waals surface area contributed by atoms with Crippen molar-refractivity contribution < 1.29 is 0 Å². The van der Waals surface area contributed by atoms with E-state index in [-0.39, 0.29) is 0 Å². The molecule has 0 aliphatic rings. The zero-order chi connectivity index (χ0) is 29.6. The van der Waals surface area contributed by atoms with Crippen molar-refractivity contribution in [3.05, 3.63) is 146 Å². The number of para-hydroxylation sites is 3. The number of pyridine rings is 2. The van der Waals surface area contributed by atoms with Crippen molar-refractivity contribution in [3.8, 4) is 44.9 Å². The largest absolute Gasteiger partial charge is 0.396 e. The average molecular weight is 569 g/mol. The van der Waals surface area contributed by atoms with Crippen LogP contribution < -0.4 is 11.5 Å². The molecule has 8 aromatic rings. The third-order valence-electron chi connectivity index (χ3n) is 8.24. The van der Waals surface area contributed by atoms with E-state index in [2.05, 4.69) is 85.8 Å². The summed E-state index contributed by atoms with van der Waals surface area (Å²) in [5.41, 5.74) is 24.8. The van der Waals surface area contributed by atoms with Gasteiger partial charge in [-0.15, -0.1) is 0 Å². The first-order valence-corrected chi connectivity index (χ1v) is 14.5. The topological polar surface area (TPSA) is 87.7 Å². The van der Waals surface area contributed by atoms with Gasteiger partial charge in [-0.1, -0.05) is 66.7 Å². The maximum atomic E-state index is 7.14. The minimum atomic E-state index is 0.629. The van der Waals surface area contributed by atoms with E-state index in [0.717, 1.165) is 66.7 Å². The fraction of sp³-hybridized carbons (Fsp3) is 0. The van der Waals surface area contributed by atoms with Crippen LogP contribution in [0.5, 0.6) is 0 Å². The summed E-state index contributed by atoms with van der Waals surface area (Å²) in [7, 11) is 0. The van der Waals surface area contributed by atoms with Crippen LogP contribution in [0.15, 0.2) is 146 Å². The van der Waals surface area contributed by atoms with Gasteiger partial charge in [0.1, 0.15) is 5.82 Å². The standard InChI is InChI=1S/C38H28N6/c39-36-32-15-5-7-17-34(32)43(30-21-27(25-10-8-18-41-23-25)20-28(22-30)26-11-9-19-42-24-26)37(36)35-31-14-4-6-16-33(31)44(38(35)40)29-12-2-1-3-13-29/h1-24H,39-40H2. The van der Waals surface area contributed by atoms with Crippen LogP contribution in [0.1, 0.15) is 0 Å². The Morgan fingerprint density at radius 2 is 1.05 bits per heavy atom. The molecule has 4 heterocycles. The van der Waals surface area contributed by atoms with E-state index in [1.807, 2.05) is 67.0 Å². The van der Waals surface area contributed by atoms with Crippen molar-refractivity contribution in [2.45, 2.75) is 0 Å². The first kappa shape index (κ1) is 25.6. The Hall–Kier alpha value is -6.14. The molecule has 4 aromatic heterocycles. The number of rotatable bonds is 5. The third kappa shape index (κ3) is 4.04. The second-order valence-electron chi connectivity index (χ2n) is 10.8. The second-order valence-corrected chi connectivity index (χ2v) is 10.8. The molecule has 0 spiro atoms. The van der Waals surface area contributed by atoms with Crippen LogP contribution in [0.3, 0.4) is 0 Å². The Morgan fingerprint density at radius 1 is 0.477 bits per heavy atom. The molecule has 4 aromatic carbocycles. The number of aromatic nitrogens is 4. The summed E-state index contributed by atoms with van der Waals surface area (Å²) in [6.07, 6.45) is 7.36. The molecule has 6 heteroatoms. The molecule has 0 aliphatic carbocycles. The Kier molecular flexibility index (Phi) is 5.98. The van der Waals surface area contributed by atoms with Gasteiger partial charge in [0.2, 0.25) is 0 Å². The summed E-state index contributed by atoms with van der Waals surface area (Å²) in [6.45, 7) is 0. The lowest BCUT2D eigenvalue weighted by atomic mass is 9.99. The minimum absolute atomic E-state index is 0.629. The smallest absolute Gasteiger partial charge is 0.118 e. The SMILES string of the molecule is Nc1c(-c2c(N)n(-c3ccccc3)c3ccccc23)n(-c2cc(-c3cccnc3)cc(-c3cccnc3)c2)c2ccccc12. The maximum absolute atomic E-state index is 7.14. The molecule has 210 valence electrons. The molecule has 4 N–H and O–H groups in total. The molecule has 44 heavy (non-hydrogen) atoms. The van der Waals surface area contributed by atoms with E-state index in [9.17, 15) is 0 Å². The van der Waals surface area contributed by atoms with Gasteiger partial charge in [0.05, 0.1) is 28.0 Å². The molecule has 0 saturated carbocycles. The highest BCUT2D eigenvalue weighted by Gasteiger charge is 2.26. The van der Waals surface area contributed by atoms with Crippen LogP contribution in [0.4, 0.5) is 11.5 Å². The highest BCUT2D eigenvalue weighted by molar-refractivity contribution is 6.11. The van der Waals surface area contributed by atoms with Gasteiger partial charge in [0.15, 0.2) is 0 Å². The first-order chi connectivity index (χ1) is 21.7. The van der Waals surface area contributed by atoms with Gasteiger partial charge >= 0.3 is 0 Å². The normalized spacial score (nSPS) is 11.4. The number of anilines is 2. The number of nitrogens with two attached hydrogens (primary N) is 2. The van der Waals surface area contributed by atoms with Gasteiger partial charge in [0.25, 0.3) is 0 Å². The summed E-state index contributed by atoms with van der Waals surface area (Å²) in [5, 5.41) is 1.99. The Morgan fingerprint density at radius 3 is 1.66 bits per heavy atom. The van der Waals surface area contributed by atoms with E-state index in [1.165, 1.54) is 0 Å². The van der Waals surface area contributed by atoms with E-state index in [4.69, 9.17) is 11.5 Å². The van der Waals surface area contributed by atoms with Crippen molar-refractivity contribution in [1.29, 1.82) is 0 Å². The number of hydrogen-bond acceptors (Lipinski definition) is 4. The fourth-order valence-corrected chi connectivity index (χ4v) is 6.28. The lowest BCUT2D eigenvalue weighted by Gasteiger charge is -2.16. The molecule has 0 aliphatic heterocycles. The summed E-state index contributed by atoms with van der Waals surface area (Å²) >= 11 is 0. The zero-order valence-corrected chi connectivity index (χ0v) is 23.8. The van der Waals surface area contributed by atoms with Crippen LogP contribution in [0, 0.1) is 0 Å². The van der Waals surface area contributed by atoms with E-state index >= 15 is 0 Å². The minimum Gasteiger partial charge on any atom is -0.396 e. The molecule has 0 bridgehead atoms. The number of nitrogens with zero attached hydrogens (tertiary/aromatic N) is 4. The number of fused-ring (bicyclic) bond motifs is 2. The van der Waals surface area contributed by atoms with Crippen LogP contribution in [0.25, 0.3) is 66.7 Å². The number of benzene rings is 4. The Balaban J connectivity index is 1.49. The molecule has 6 nitrogen and oxygen atoms in total. The quantitative estimate of drug-likeness (QED) is 0.218. The van der Waals surface area contributed by atoms with Crippen molar-refractivity contribution in [3.63, 3.8) is 0 Å². The summed E-state index contributed by atoms with van der Waals surface area (Å²) in [4.78, 5) is 8.81. The molecule has 0 fully saturated rings. The van der Waals surface area contributed by atoms with E-state index < -0.39 is 0 Å². The predicted octanol–water partition coefficient (Wildman–Crippen LogP) is 8.53. The highest BCUT2D eigenvalue weighted by Crippen LogP contribution is 2.46. The molecular weight excluding hydrogens is 540 g/mol. The van der Waals surface area contributed by atoms with Crippen LogP contribution in [-0.2, 0) is 0 Å². The fourth-order valence-electron chi connectivity index (χ4n) is 6.28. The molecule has 0 radical (unpaired) electrons. The summed E-state index contributed by atoms with van der Waals surface area (Å²) < 4.78 is 4.36. The van der Waals surface area contributed by atoms with Gasteiger partial charge in [0, 0.05) is 58.1 Å². The monoisotopic (exact) mass is 568 g/mol. The zero-order valence-electron chi connectivity index (χ0n) is 23.8. The second kappa shape index (κ2) is 10.3. The number of hydrogen-bond donors (Lipinski definition) is 2. The van der Waals surface area contributed by atoms with Crippen molar-refractivity contribution in [2.24, 2.45) is 0 Å². The highest BCUT2D eigenvalue weighted by atomic mass is 15.1. The lowest BCUT2D eigenvalue weighted by Crippen LogP contribution is -2.04. The van der Waals surface area contributed by atoms with Crippen molar-refractivity contribution >= 4 is 33.3 Å². The van der Waals surface area contributed by atoms with Crippen LogP contribution in [0.2, 0.25) is 0 Å². The van der Waals surface area contributed by atoms with Gasteiger partial charge < -0.3 is 16.0 Å². The maximum Gasteiger partial charge on any atom is 0.118 e. The van der Waals surface area contributed by atoms with Gasteiger partial charge in [-0.25, -0.2) is 0 Å². The van der Waals surface area contributed by atoms with Crippen LogP contribution >= 0.6 is 0 Å². The third-order valence-corrected chi connectivity index (χ3v) is 8.24. The molecule has 0 amide bonds. The van der Waals surface area contributed by atoms with Crippen molar-refractivity contribution in [1.82, 2.24) is 19.1 Å². The first-order valence-electron chi connectivity index (χ1n) is 14.5. The van der Waals surface area contributed by atoms with Gasteiger partial charge in [-0.2, -0.15) is 0 Å². The van der Waals surface area contributed by atoms with Gasteiger partial charge in [-0.3, -0.25) is 14.5 Å². The predicted molar refractivity (Wildman–Crippen MR) is 181 cm³/mol. The van der Waals surface area contributed by atoms with E-state index in [0.29, 0.717) is 11.5 Å². The molecule has 0 atom stereocenters. The van der Waals surface area contributed by atoms with Crippen LogP contribution in [-0.4, -0.2) is 19.1 Å². The lowest BCUT2D eigenvalue weighted by molar-refractivity contribution is 1.12. The number of nitrogen functional groups attached to an aromatic ring is 2. The average Bonchev–Trinajstić information content (AvgIpc) is 3.55. The van der Waals surface area contributed by atoms with Crippen molar-refractivity contribution in [2.75, 3.05) is 11.5 Å².